The van der Waals surface area contributed by atoms with Crippen molar-refractivity contribution in [2.24, 2.45) is 17.8 Å². The summed E-state index contributed by atoms with van der Waals surface area (Å²) in [6.45, 7) is 2.21. The number of hydrogen-bond acceptors (Lipinski definition) is 2. The Hall–Kier alpha value is -1.44. The fourth-order valence-corrected chi connectivity index (χ4v) is 4.73. The average Bonchev–Trinajstić information content (AvgIpc) is 2.96. The van der Waals surface area contributed by atoms with Gasteiger partial charge in [0.15, 0.2) is 11.5 Å². The highest BCUT2D eigenvalue weighted by atomic mass is 16.5. The molecule has 2 aliphatic carbocycles. The lowest BCUT2D eigenvalue weighted by molar-refractivity contribution is 0.187. The van der Waals surface area contributed by atoms with E-state index in [0.29, 0.717) is 5.75 Å². The molecule has 22 heavy (non-hydrogen) atoms. The maximum Gasteiger partial charge on any atom is 0.160 e. The average molecular weight is 300 g/mol. The highest BCUT2D eigenvalue weighted by Gasteiger charge is 2.38. The van der Waals surface area contributed by atoms with Crippen LogP contribution in [0.2, 0.25) is 0 Å². The van der Waals surface area contributed by atoms with E-state index in [2.05, 4.69) is 19.1 Å². The van der Waals surface area contributed by atoms with Gasteiger partial charge in [-0.2, -0.15) is 0 Å². The van der Waals surface area contributed by atoms with Crippen LogP contribution in [0.1, 0.15) is 51.0 Å². The Bertz CT molecular complexity index is 547. The van der Waals surface area contributed by atoms with E-state index in [1.54, 1.807) is 12.7 Å². The molecule has 0 heterocycles. The van der Waals surface area contributed by atoms with Crippen molar-refractivity contribution < 1.29 is 9.84 Å². The van der Waals surface area contributed by atoms with Gasteiger partial charge in [-0.3, -0.25) is 0 Å². The van der Waals surface area contributed by atoms with Crippen molar-refractivity contribution in [3.05, 3.63) is 35.4 Å². The van der Waals surface area contributed by atoms with Gasteiger partial charge in [-0.1, -0.05) is 30.6 Å². The van der Waals surface area contributed by atoms with Crippen LogP contribution in [0.4, 0.5) is 0 Å². The molecule has 1 aromatic carbocycles. The minimum Gasteiger partial charge on any atom is -0.504 e. The molecule has 120 valence electrons. The highest BCUT2D eigenvalue weighted by Crippen LogP contribution is 2.49. The van der Waals surface area contributed by atoms with E-state index in [4.69, 9.17) is 4.74 Å². The topological polar surface area (TPSA) is 29.5 Å². The number of methoxy groups -OCH3 is 1. The van der Waals surface area contributed by atoms with Crippen LogP contribution >= 0.6 is 0 Å². The smallest absolute Gasteiger partial charge is 0.160 e. The second-order valence-electron chi connectivity index (χ2n) is 6.91. The second kappa shape index (κ2) is 6.76. The third-order valence-electron chi connectivity index (χ3n) is 5.87. The number of benzene rings is 1. The first-order valence-corrected chi connectivity index (χ1v) is 8.74. The van der Waals surface area contributed by atoms with Gasteiger partial charge in [0.1, 0.15) is 0 Å². The van der Waals surface area contributed by atoms with Crippen LogP contribution in [0.3, 0.4) is 0 Å². The monoisotopic (exact) mass is 300 g/mol. The number of phenols is 1. The molecule has 3 rings (SSSR count). The van der Waals surface area contributed by atoms with Gasteiger partial charge in [0.05, 0.1) is 7.11 Å². The fraction of sp³-hybridized carbons (Fsp3) is 0.600. The van der Waals surface area contributed by atoms with E-state index in [1.807, 2.05) is 12.1 Å². The first kappa shape index (κ1) is 15.5. The Morgan fingerprint density at radius 1 is 1.27 bits per heavy atom. The van der Waals surface area contributed by atoms with Crippen molar-refractivity contribution in [2.45, 2.75) is 51.9 Å². The molecule has 2 aliphatic rings. The van der Waals surface area contributed by atoms with Gasteiger partial charge in [-0.25, -0.2) is 0 Å². The van der Waals surface area contributed by atoms with E-state index in [1.165, 1.54) is 44.1 Å². The van der Waals surface area contributed by atoms with E-state index < -0.39 is 0 Å². The number of ether oxygens (including phenoxy) is 1. The third-order valence-corrected chi connectivity index (χ3v) is 5.87. The molecule has 0 bridgehead atoms. The lowest BCUT2D eigenvalue weighted by Crippen LogP contribution is -2.25. The molecule has 3 unspecified atom stereocenters. The predicted octanol–water partition coefficient (Wildman–Crippen LogP) is 5.11. The molecule has 0 spiro atoms. The Balaban J connectivity index is 1.62. The molecule has 2 fully saturated rings. The van der Waals surface area contributed by atoms with Crippen LogP contribution in [-0.2, 0) is 6.42 Å². The molecule has 0 saturated heterocycles. The van der Waals surface area contributed by atoms with Gasteiger partial charge in [-0.05, 0) is 74.5 Å². The first-order valence-electron chi connectivity index (χ1n) is 8.74. The first-order chi connectivity index (χ1) is 10.7. The van der Waals surface area contributed by atoms with Crippen LogP contribution < -0.4 is 4.74 Å². The molecule has 1 aromatic rings. The van der Waals surface area contributed by atoms with Crippen molar-refractivity contribution in [3.8, 4) is 11.5 Å². The molecule has 0 radical (unpaired) electrons. The molecule has 1 N–H and O–H groups in total. The zero-order valence-electron chi connectivity index (χ0n) is 13.8. The number of rotatable bonds is 4. The molecular formula is C20H28O2. The molecule has 2 saturated carbocycles. The number of aryl methyl sites for hydroxylation is 1. The normalized spacial score (nSPS) is 29.5. The summed E-state index contributed by atoms with van der Waals surface area (Å²) in [4.78, 5) is 0. The number of allylic oxidation sites excluding steroid dienone is 2. The van der Waals surface area contributed by atoms with E-state index in [-0.39, 0.29) is 5.75 Å². The molecule has 0 amide bonds. The number of fused-ring (bicyclic) bond motifs is 1. The third kappa shape index (κ3) is 3.02. The molecule has 2 heteroatoms. The molecule has 2 nitrogen and oxygen atoms in total. The van der Waals surface area contributed by atoms with Gasteiger partial charge in [-0.15, -0.1) is 0 Å². The number of hydrogen-bond donors (Lipinski definition) is 1. The lowest BCUT2D eigenvalue weighted by atomic mass is 9.71. The number of phenolic OH excluding ortho intramolecular Hbond substituents is 1. The number of aromatic hydroxyl groups is 1. The lowest BCUT2D eigenvalue weighted by Gasteiger charge is -2.34. The predicted molar refractivity (Wildman–Crippen MR) is 90.3 cm³/mol. The summed E-state index contributed by atoms with van der Waals surface area (Å²) >= 11 is 0. The Kier molecular flexibility index (Phi) is 4.75. The van der Waals surface area contributed by atoms with E-state index in [9.17, 15) is 5.11 Å². The van der Waals surface area contributed by atoms with Gasteiger partial charge in [0, 0.05) is 0 Å². The van der Waals surface area contributed by atoms with Gasteiger partial charge in [0.2, 0.25) is 0 Å². The zero-order chi connectivity index (χ0) is 15.5. The van der Waals surface area contributed by atoms with Crippen LogP contribution in [0, 0.1) is 17.8 Å². The highest BCUT2D eigenvalue weighted by molar-refractivity contribution is 5.41. The molecular weight excluding hydrogens is 272 g/mol. The van der Waals surface area contributed by atoms with Crippen LogP contribution in [-0.4, -0.2) is 12.2 Å². The molecule has 0 aromatic heterocycles. The quantitative estimate of drug-likeness (QED) is 0.783. The zero-order valence-corrected chi connectivity index (χ0v) is 13.8. The van der Waals surface area contributed by atoms with Crippen LogP contribution in [0.15, 0.2) is 29.8 Å². The summed E-state index contributed by atoms with van der Waals surface area (Å²) in [5, 5.41) is 9.91. The summed E-state index contributed by atoms with van der Waals surface area (Å²) in [5.41, 5.74) is 2.95. The van der Waals surface area contributed by atoms with Gasteiger partial charge >= 0.3 is 0 Å². The van der Waals surface area contributed by atoms with E-state index in [0.717, 1.165) is 24.2 Å². The standard InChI is InChI=1S/C20H28O2/c1-3-15-10-11-18-16(5-4-6-17(15)18)9-7-14-8-12-20(22-2)19(21)13-14/h3,8,12-13,16-18,21H,4-7,9-11H2,1-2H3/b15-3+. The summed E-state index contributed by atoms with van der Waals surface area (Å²) in [5.74, 6) is 3.47. The second-order valence-corrected chi connectivity index (χ2v) is 6.91. The maximum atomic E-state index is 9.91. The summed E-state index contributed by atoms with van der Waals surface area (Å²) in [6, 6.07) is 5.83. The summed E-state index contributed by atoms with van der Waals surface area (Å²) in [7, 11) is 1.59. The van der Waals surface area contributed by atoms with Gasteiger partial charge in [0.25, 0.3) is 0 Å². The Morgan fingerprint density at radius 2 is 2.14 bits per heavy atom. The van der Waals surface area contributed by atoms with Crippen molar-refractivity contribution >= 4 is 0 Å². The van der Waals surface area contributed by atoms with Crippen LogP contribution in [0.5, 0.6) is 11.5 Å². The van der Waals surface area contributed by atoms with Gasteiger partial charge < -0.3 is 9.84 Å². The van der Waals surface area contributed by atoms with E-state index >= 15 is 0 Å². The minimum atomic E-state index is 0.263. The fourth-order valence-electron chi connectivity index (χ4n) is 4.73. The maximum absolute atomic E-state index is 9.91. The Morgan fingerprint density at radius 3 is 2.86 bits per heavy atom. The van der Waals surface area contributed by atoms with Crippen molar-refractivity contribution in [3.63, 3.8) is 0 Å². The summed E-state index contributed by atoms with van der Waals surface area (Å²) < 4.78 is 5.12. The largest absolute Gasteiger partial charge is 0.504 e. The molecule has 3 atom stereocenters. The van der Waals surface area contributed by atoms with Crippen molar-refractivity contribution in [1.82, 2.24) is 0 Å². The SMILES string of the molecule is C/C=C1\CCC2C(CCc3ccc(OC)c(O)c3)CCCC12. The Labute approximate surface area is 134 Å². The minimum absolute atomic E-state index is 0.263. The van der Waals surface area contributed by atoms with Crippen molar-refractivity contribution in [2.75, 3.05) is 7.11 Å². The van der Waals surface area contributed by atoms with Crippen molar-refractivity contribution in [1.29, 1.82) is 0 Å². The molecule has 0 aliphatic heterocycles. The van der Waals surface area contributed by atoms with Crippen LogP contribution in [0.25, 0.3) is 0 Å². The summed E-state index contributed by atoms with van der Waals surface area (Å²) in [6.07, 6.45) is 11.6.